The molecule has 1 heterocycles. The van der Waals surface area contributed by atoms with Crippen molar-refractivity contribution in [1.82, 2.24) is 10.6 Å². The highest BCUT2D eigenvalue weighted by Crippen LogP contribution is 2.24. The molecule has 8 nitrogen and oxygen atoms in total. The molecular formula is C12H14N2O6S. The first-order valence-corrected chi connectivity index (χ1v) is 7.47. The Morgan fingerprint density at radius 1 is 1.43 bits per heavy atom. The zero-order chi connectivity index (χ0) is 15.7. The number of β-lactam (4-membered cyclic amide) rings is 1. The standard InChI is InChI=1S/C12H14N2O6S/c1-20-12(7-13-11(12)16)14-10(15)9(21(17,18)19)8-5-3-2-4-6-8/h2-6,9H,7H2,1H3,(H,13,16)(H,14,15)(H,17,18,19). The molecule has 0 aromatic heterocycles. The summed E-state index contributed by atoms with van der Waals surface area (Å²) in [6.07, 6.45) is 0. The van der Waals surface area contributed by atoms with E-state index in [2.05, 4.69) is 10.6 Å². The summed E-state index contributed by atoms with van der Waals surface area (Å²) in [5.41, 5.74) is -1.52. The molecule has 21 heavy (non-hydrogen) atoms. The number of hydrogen-bond acceptors (Lipinski definition) is 5. The second kappa shape index (κ2) is 5.43. The topological polar surface area (TPSA) is 122 Å². The maximum Gasteiger partial charge on any atom is 0.281 e. The number of rotatable bonds is 5. The van der Waals surface area contributed by atoms with E-state index in [0.717, 1.165) is 0 Å². The molecule has 9 heteroatoms. The first kappa shape index (κ1) is 15.4. The van der Waals surface area contributed by atoms with Crippen LogP contribution in [-0.4, -0.2) is 44.2 Å². The molecule has 0 bridgehead atoms. The molecule has 114 valence electrons. The first-order valence-electron chi connectivity index (χ1n) is 5.97. The van der Waals surface area contributed by atoms with Crippen LogP contribution in [0.15, 0.2) is 30.3 Å². The van der Waals surface area contributed by atoms with Crippen molar-refractivity contribution in [2.24, 2.45) is 0 Å². The molecule has 1 aliphatic heterocycles. The van der Waals surface area contributed by atoms with E-state index in [1.54, 1.807) is 6.07 Å². The Balaban J connectivity index is 2.31. The van der Waals surface area contributed by atoms with Crippen LogP contribution in [-0.2, 0) is 24.4 Å². The van der Waals surface area contributed by atoms with E-state index in [0.29, 0.717) is 0 Å². The molecule has 0 saturated carbocycles. The van der Waals surface area contributed by atoms with Gasteiger partial charge in [-0.05, 0) is 5.56 Å². The number of hydrogen-bond donors (Lipinski definition) is 3. The number of amides is 2. The third kappa shape index (κ3) is 2.89. The fourth-order valence-corrected chi connectivity index (χ4v) is 2.82. The zero-order valence-corrected chi connectivity index (χ0v) is 11.9. The Labute approximate surface area is 121 Å². The van der Waals surface area contributed by atoms with E-state index in [-0.39, 0.29) is 12.1 Å². The molecule has 1 fully saturated rings. The molecule has 2 amide bonds. The number of ether oxygens (including phenoxy) is 1. The molecule has 1 saturated heterocycles. The van der Waals surface area contributed by atoms with Gasteiger partial charge in [0, 0.05) is 7.11 Å². The van der Waals surface area contributed by atoms with Gasteiger partial charge in [-0.2, -0.15) is 8.42 Å². The van der Waals surface area contributed by atoms with Crippen LogP contribution in [0.4, 0.5) is 0 Å². The minimum absolute atomic E-state index is 0.0149. The van der Waals surface area contributed by atoms with E-state index < -0.39 is 32.9 Å². The van der Waals surface area contributed by atoms with Crippen LogP contribution in [0, 0.1) is 0 Å². The average molecular weight is 314 g/mol. The molecule has 1 aromatic carbocycles. The van der Waals surface area contributed by atoms with Gasteiger partial charge in [-0.1, -0.05) is 30.3 Å². The first-order chi connectivity index (χ1) is 9.80. The predicted molar refractivity (Wildman–Crippen MR) is 71.6 cm³/mol. The predicted octanol–water partition coefficient (Wildman–Crippen LogP) is -0.796. The van der Waals surface area contributed by atoms with Gasteiger partial charge in [0.25, 0.3) is 16.0 Å². The third-order valence-corrected chi connectivity index (χ3v) is 4.26. The fourth-order valence-electron chi connectivity index (χ4n) is 1.99. The smallest absolute Gasteiger partial charge is 0.281 e. The number of methoxy groups -OCH3 is 1. The summed E-state index contributed by atoms with van der Waals surface area (Å²) in [7, 11) is -3.49. The van der Waals surface area contributed by atoms with Crippen molar-refractivity contribution in [3.8, 4) is 0 Å². The van der Waals surface area contributed by atoms with E-state index in [1.165, 1.54) is 31.4 Å². The van der Waals surface area contributed by atoms with Crippen LogP contribution >= 0.6 is 0 Å². The van der Waals surface area contributed by atoms with Crippen molar-refractivity contribution >= 4 is 21.9 Å². The molecule has 3 N–H and O–H groups in total. The lowest BCUT2D eigenvalue weighted by atomic mass is 10.1. The van der Waals surface area contributed by atoms with Crippen LogP contribution in [0.3, 0.4) is 0 Å². The van der Waals surface area contributed by atoms with Crippen molar-refractivity contribution in [2.45, 2.75) is 11.0 Å². The Hall–Kier alpha value is -1.97. The molecule has 2 unspecified atom stereocenters. The van der Waals surface area contributed by atoms with Crippen molar-refractivity contribution < 1.29 is 27.3 Å². The van der Waals surface area contributed by atoms with E-state index in [9.17, 15) is 22.6 Å². The minimum atomic E-state index is -4.70. The van der Waals surface area contributed by atoms with Crippen LogP contribution < -0.4 is 10.6 Å². The second-order valence-electron chi connectivity index (χ2n) is 4.51. The number of carbonyl (C=O) groups excluding carboxylic acids is 2. The van der Waals surface area contributed by atoms with Gasteiger partial charge in [0.15, 0.2) is 5.25 Å². The van der Waals surface area contributed by atoms with Crippen molar-refractivity contribution in [2.75, 3.05) is 13.7 Å². The maximum absolute atomic E-state index is 12.2. The van der Waals surface area contributed by atoms with Gasteiger partial charge < -0.3 is 15.4 Å². The van der Waals surface area contributed by atoms with E-state index >= 15 is 0 Å². The van der Waals surface area contributed by atoms with Gasteiger partial charge >= 0.3 is 0 Å². The summed E-state index contributed by atoms with van der Waals surface area (Å²) in [5, 5.41) is 2.77. The lowest BCUT2D eigenvalue weighted by Gasteiger charge is -2.39. The molecule has 1 aromatic rings. The summed E-state index contributed by atoms with van der Waals surface area (Å²) < 4.78 is 37.2. The Bertz CT molecular complexity index is 656. The number of benzene rings is 1. The zero-order valence-electron chi connectivity index (χ0n) is 11.1. The molecule has 0 radical (unpaired) electrons. The summed E-state index contributed by atoms with van der Waals surface area (Å²) in [6.45, 7) is 0.0149. The fraction of sp³-hybridized carbons (Fsp3) is 0.333. The van der Waals surface area contributed by atoms with Crippen LogP contribution in [0.5, 0.6) is 0 Å². The quantitative estimate of drug-likeness (QED) is 0.372. The Kier molecular flexibility index (Phi) is 3.99. The van der Waals surface area contributed by atoms with Crippen LogP contribution in [0.2, 0.25) is 0 Å². The lowest BCUT2D eigenvalue weighted by molar-refractivity contribution is -0.166. The molecule has 0 spiro atoms. The largest absolute Gasteiger partial charge is 0.349 e. The molecule has 2 rings (SSSR count). The highest BCUT2D eigenvalue weighted by Gasteiger charge is 2.50. The summed E-state index contributed by atoms with van der Waals surface area (Å²) in [4.78, 5) is 23.7. The Morgan fingerprint density at radius 3 is 2.43 bits per heavy atom. The second-order valence-corrected chi connectivity index (χ2v) is 6.01. The van der Waals surface area contributed by atoms with Gasteiger partial charge in [0.2, 0.25) is 11.6 Å². The van der Waals surface area contributed by atoms with Crippen molar-refractivity contribution in [1.29, 1.82) is 0 Å². The SMILES string of the molecule is COC1(NC(=O)C(c2ccccc2)S(=O)(=O)O)CNC1=O. The van der Waals surface area contributed by atoms with Gasteiger partial charge in [-0.3, -0.25) is 14.1 Å². The van der Waals surface area contributed by atoms with Crippen molar-refractivity contribution in [3.63, 3.8) is 0 Å². The van der Waals surface area contributed by atoms with Gasteiger partial charge in [-0.15, -0.1) is 0 Å². The maximum atomic E-state index is 12.2. The Morgan fingerprint density at radius 2 is 2.05 bits per heavy atom. The summed E-state index contributed by atoms with van der Waals surface area (Å²) >= 11 is 0. The number of carbonyl (C=O) groups is 2. The molecule has 0 aliphatic carbocycles. The van der Waals surface area contributed by atoms with Gasteiger partial charge in [-0.25, -0.2) is 0 Å². The lowest BCUT2D eigenvalue weighted by Crippen LogP contribution is -2.74. The summed E-state index contributed by atoms with van der Waals surface area (Å²) in [5.74, 6) is -1.62. The summed E-state index contributed by atoms with van der Waals surface area (Å²) in [6, 6.07) is 7.47. The van der Waals surface area contributed by atoms with E-state index in [1.807, 2.05) is 0 Å². The third-order valence-electron chi connectivity index (χ3n) is 3.18. The minimum Gasteiger partial charge on any atom is -0.349 e. The number of nitrogens with one attached hydrogen (secondary N) is 2. The average Bonchev–Trinajstić information content (AvgIpc) is 2.42. The molecule has 1 aliphatic rings. The van der Waals surface area contributed by atoms with Gasteiger partial charge in [0.1, 0.15) is 0 Å². The highest BCUT2D eigenvalue weighted by molar-refractivity contribution is 7.86. The monoisotopic (exact) mass is 314 g/mol. The normalized spacial score (nSPS) is 22.9. The molecular weight excluding hydrogens is 300 g/mol. The van der Waals surface area contributed by atoms with E-state index in [4.69, 9.17) is 4.74 Å². The van der Waals surface area contributed by atoms with Gasteiger partial charge in [0.05, 0.1) is 6.54 Å². The van der Waals surface area contributed by atoms with Crippen LogP contribution in [0.25, 0.3) is 0 Å². The van der Waals surface area contributed by atoms with Crippen LogP contribution in [0.1, 0.15) is 10.8 Å². The van der Waals surface area contributed by atoms with Crippen molar-refractivity contribution in [3.05, 3.63) is 35.9 Å². The molecule has 2 atom stereocenters. The highest BCUT2D eigenvalue weighted by atomic mass is 32.2.